The number of phenols is 1. The molecule has 0 fully saturated rings. The lowest BCUT2D eigenvalue weighted by Crippen LogP contribution is -2.30. The fraction of sp³-hybridized carbons (Fsp3) is 0.350. The number of aromatic hydroxyl groups is 2. The van der Waals surface area contributed by atoms with Crippen LogP contribution in [0.4, 0.5) is 11.4 Å². The van der Waals surface area contributed by atoms with Crippen molar-refractivity contribution in [3.8, 4) is 11.6 Å². The van der Waals surface area contributed by atoms with Crippen LogP contribution in [0.15, 0.2) is 45.5 Å². The van der Waals surface area contributed by atoms with Gasteiger partial charge < -0.3 is 10.2 Å². The molecule has 3 rings (SSSR count). The molecule has 1 heterocycles. The largest absolute Gasteiger partial charge is 0.506 e. The Morgan fingerprint density at radius 2 is 1.63 bits per heavy atom. The van der Waals surface area contributed by atoms with E-state index in [0.29, 0.717) is 36.1 Å². The summed E-state index contributed by atoms with van der Waals surface area (Å²) in [5, 5.41) is 34.1. The molecular formula is C20H25N5O4S. The van der Waals surface area contributed by atoms with Gasteiger partial charge in [0.25, 0.3) is 0 Å². The molecule has 0 saturated carbocycles. The maximum atomic E-state index is 13.1. The maximum Gasteiger partial charge on any atom is 0.243 e. The lowest BCUT2D eigenvalue weighted by atomic mass is 10.1. The van der Waals surface area contributed by atoms with Crippen LogP contribution in [0.1, 0.15) is 26.5 Å². The zero-order valence-corrected chi connectivity index (χ0v) is 18.2. The number of nitrogens with zero attached hydrogens (tertiary/aromatic N) is 5. The Kier molecular flexibility index (Phi) is 6.09. The minimum atomic E-state index is -3.80. The maximum absolute atomic E-state index is 13.1. The lowest BCUT2D eigenvalue weighted by molar-refractivity contribution is 0.406. The number of azo groups is 1. The van der Waals surface area contributed by atoms with Gasteiger partial charge in [0.2, 0.25) is 15.9 Å². The molecule has 2 N–H and O–H groups in total. The van der Waals surface area contributed by atoms with Crippen molar-refractivity contribution in [2.45, 2.75) is 39.1 Å². The van der Waals surface area contributed by atoms with E-state index in [1.807, 2.05) is 6.92 Å². The average Bonchev–Trinajstić information content (AvgIpc) is 3.00. The number of fused-ring (bicyclic) bond motifs is 1. The van der Waals surface area contributed by atoms with E-state index >= 15 is 0 Å². The first-order valence-electron chi connectivity index (χ1n) is 9.69. The highest BCUT2D eigenvalue weighted by molar-refractivity contribution is 7.89. The van der Waals surface area contributed by atoms with Gasteiger partial charge in [0, 0.05) is 36.5 Å². The molecule has 160 valence electrons. The predicted octanol–water partition coefficient (Wildman–Crippen LogP) is 4.22. The highest BCUT2D eigenvalue weighted by atomic mass is 32.2. The molecule has 0 unspecified atom stereocenters. The molecule has 1 aromatic heterocycles. The molecule has 0 spiro atoms. The number of hydrogen-bond acceptors (Lipinski definition) is 7. The number of rotatable bonds is 7. The monoisotopic (exact) mass is 431 g/mol. The Labute approximate surface area is 175 Å². The van der Waals surface area contributed by atoms with Crippen molar-refractivity contribution in [1.29, 1.82) is 0 Å². The van der Waals surface area contributed by atoms with Crippen molar-refractivity contribution >= 4 is 32.2 Å². The van der Waals surface area contributed by atoms with E-state index in [4.69, 9.17) is 0 Å². The molecule has 0 saturated heterocycles. The van der Waals surface area contributed by atoms with Crippen molar-refractivity contribution < 1.29 is 18.6 Å². The van der Waals surface area contributed by atoms with Crippen LogP contribution in [0.5, 0.6) is 11.6 Å². The van der Waals surface area contributed by atoms with Gasteiger partial charge in [0.05, 0.1) is 10.6 Å². The minimum Gasteiger partial charge on any atom is -0.506 e. The van der Waals surface area contributed by atoms with Crippen LogP contribution in [0.25, 0.3) is 10.8 Å². The Hall–Kier alpha value is -2.98. The topological polar surface area (TPSA) is 120 Å². The third-order valence-electron chi connectivity index (χ3n) is 4.90. The SMILES string of the molecule is CCN(CC)S(=O)(=O)c1cc(O)c(/N=N/c2c(C)nn(CC)c2O)c2ccccc12. The van der Waals surface area contributed by atoms with Crippen LogP contribution in [-0.2, 0) is 16.6 Å². The Morgan fingerprint density at radius 1 is 1.03 bits per heavy atom. The van der Waals surface area contributed by atoms with Gasteiger partial charge in [0.15, 0.2) is 5.69 Å². The molecule has 0 aliphatic rings. The van der Waals surface area contributed by atoms with Crippen molar-refractivity contribution in [1.82, 2.24) is 14.1 Å². The molecule has 0 amide bonds. The summed E-state index contributed by atoms with van der Waals surface area (Å²) < 4.78 is 28.9. The van der Waals surface area contributed by atoms with Gasteiger partial charge in [-0.3, -0.25) is 0 Å². The van der Waals surface area contributed by atoms with E-state index in [2.05, 4.69) is 15.3 Å². The summed E-state index contributed by atoms with van der Waals surface area (Å²) in [6.07, 6.45) is 0. The summed E-state index contributed by atoms with van der Waals surface area (Å²) in [5.74, 6) is -0.438. The number of phenolic OH excluding ortho intramolecular Hbond substituents is 1. The quantitative estimate of drug-likeness (QED) is 0.543. The molecule has 2 aromatic carbocycles. The molecule has 0 bridgehead atoms. The second kappa shape index (κ2) is 8.41. The van der Waals surface area contributed by atoms with Crippen LogP contribution in [0.2, 0.25) is 0 Å². The summed E-state index contributed by atoms with van der Waals surface area (Å²) in [4.78, 5) is 0.0103. The normalized spacial score (nSPS) is 12.4. The smallest absolute Gasteiger partial charge is 0.243 e. The Morgan fingerprint density at radius 3 is 2.20 bits per heavy atom. The van der Waals surface area contributed by atoms with Gasteiger partial charge >= 0.3 is 0 Å². The van der Waals surface area contributed by atoms with Gasteiger partial charge in [-0.15, -0.1) is 10.2 Å². The molecule has 10 heteroatoms. The molecule has 3 aromatic rings. The van der Waals surface area contributed by atoms with Gasteiger partial charge in [-0.1, -0.05) is 38.1 Å². The molecule has 9 nitrogen and oxygen atoms in total. The number of aromatic nitrogens is 2. The molecular weight excluding hydrogens is 406 g/mol. The van der Waals surface area contributed by atoms with Crippen LogP contribution in [0.3, 0.4) is 0 Å². The lowest BCUT2D eigenvalue weighted by Gasteiger charge is -2.20. The van der Waals surface area contributed by atoms with Gasteiger partial charge in [-0.25, -0.2) is 13.1 Å². The highest BCUT2D eigenvalue weighted by Gasteiger charge is 2.26. The fourth-order valence-corrected chi connectivity index (χ4v) is 5.01. The average molecular weight is 432 g/mol. The third kappa shape index (κ3) is 3.63. The van der Waals surface area contributed by atoms with E-state index in [1.165, 1.54) is 15.1 Å². The number of benzene rings is 2. The molecule has 0 radical (unpaired) electrons. The van der Waals surface area contributed by atoms with Crippen molar-refractivity contribution in [3.05, 3.63) is 36.0 Å². The minimum absolute atomic E-state index is 0.0103. The van der Waals surface area contributed by atoms with Crippen LogP contribution >= 0.6 is 0 Å². The van der Waals surface area contributed by atoms with E-state index < -0.39 is 10.0 Å². The summed E-state index contributed by atoms with van der Waals surface area (Å²) in [6, 6.07) is 8.00. The van der Waals surface area contributed by atoms with Crippen LogP contribution in [0, 0.1) is 6.92 Å². The zero-order valence-electron chi connectivity index (χ0n) is 17.4. The first kappa shape index (κ1) is 21.7. The molecule has 0 atom stereocenters. The Balaban J connectivity index is 2.20. The number of hydrogen-bond donors (Lipinski definition) is 2. The highest BCUT2D eigenvalue weighted by Crippen LogP contribution is 2.41. The summed E-state index contributed by atoms with van der Waals surface area (Å²) in [7, 11) is -3.80. The molecule has 30 heavy (non-hydrogen) atoms. The fourth-order valence-electron chi connectivity index (χ4n) is 3.33. The zero-order chi connectivity index (χ0) is 22.1. The Bertz CT molecular complexity index is 1210. The van der Waals surface area contributed by atoms with Gasteiger partial charge in [0.1, 0.15) is 11.4 Å². The summed E-state index contributed by atoms with van der Waals surface area (Å²) >= 11 is 0. The standard InChI is InChI=1S/C20H25N5O4S/c1-5-24(6-2)30(28,29)17-12-16(26)19(15-11-9-8-10-14(15)17)22-21-18-13(4)23-25(7-3)20(18)27/h8-12,26-27H,5-7H2,1-4H3/b22-21+. The van der Waals surface area contributed by atoms with Crippen molar-refractivity contribution in [2.75, 3.05) is 13.1 Å². The van der Waals surface area contributed by atoms with E-state index in [9.17, 15) is 18.6 Å². The first-order chi connectivity index (χ1) is 14.3. The third-order valence-corrected chi connectivity index (χ3v) is 6.99. The second-order valence-corrected chi connectivity index (χ2v) is 8.56. The van der Waals surface area contributed by atoms with E-state index in [-0.39, 0.29) is 27.9 Å². The predicted molar refractivity (Wildman–Crippen MR) is 114 cm³/mol. The second-order valence-electron chi connectivity index (χ2n) is 6.65. The molecule has 0 aliphatic carbocycles. The van der Waals surface area contributed by atoms with Crippen molar-refractivity contribution in [2.24, 2.45) is 10.2 Å². The van der Waals surface area contributed by atoms with Crippen molar-refractivity contribution in [3.63, 3.8) is 0 Å². The number of sulfonamides is 1. The van der Waals surface area contributed by atoms with Gasteiger partial charge in [-0.2, -0.15) is 9.40 Å². The van der Waals surface area contributed by atoms with Crippen LogP contribution in [-0.4, -0.2) is 45.8 Å². The van der Waals surface area contributed by atoms with E-state index in [1.54, 1.807) is 45.0 Å². The number of aryl methyl sites for hydroxylation is 2. The molecule has 0 aliphatic heterocycles. The van der Waals surface area contributed by atoms with Gasteiger partial charge in [-0.05, 0) is 13.8 Å². The van der Waals surface area contributed by atoms with Crippen LogP contribution < -0.4 is 0 Å². The first-order valence-corrected chi connectivity index (χ1v) is 11.1. The van der Waals surface area contributed by atoms with E-state index in [0.717, 1.165) is 0 Å². The summed E-state index contributed by atoms with van der Waals surface area (Å²) in [5.41, 5.74) is 0.801. The summed E-state index contributed by atoms with van der Waals surface area (Å²) in [6.45, 7) is 8.15.